The van der Waals surface area contributed by atoms with Gasteiger partial charge in [0.2, 0.25) is 0 Å². The number of nitrogens with zero attached hydrogens (tertiary/aromatic N) is 6. The molecule has 2 saturated heterocycles. The maximum Gasteiger partial charge on any atom is 0.352 e. The third-order valence-corrected chi connectivity index (χ3v) is 14.3. The van der Waals surface area contributed by atoms with Crippen molar-refractivity contribution in [2.75, 3.05) is 45.2 Å². The molecule has 7 N–H and O–H groups in total. The first-order chi connectivity index (χ1) is 30.3. The van der Waals surface area contributed by atoms with Gasteiger partial charge >= 0.3 is 5.97 Å². The third-order valence-electron chi connectivity index (χ3n) is 10.2. The minimum Gasteiger partial charge on any atom is -0.543 e. The summed E-state index contributed by atoms with van der Waals surface area (Å²) in [6.07, 6.45) is 4.94. The number of ether oxygens (including phenoxy) is 1. The monoisotopic (exact) mass is 941 g/mol. The predicted octanol–water partition coefficient (Wildman–Crippen LogP) is -1.75. The Bertz CT molecular complexity index is 2570. The van der Waals surface area contributed by atoms with Gasteiger partial charge in [-0.1, -0.05) is 10.3 Å². The molecule has 2 fully saturated rings. The van der Waals surface area contributed by atoms with Crippen LogP contribution >= 0.6 is 46.2 Å². The lowest BCUT2D eigenvalue weighted by Crippen LogP contribution is -2.71. The molecule has 332 valence electrons. The molecule has 5 aliphatic rings. The number of nitrogens with two attached hydrogens (primary N) is 1. The minimum atomic E-state index is -1.41. The number of nitrogens with one attached hydrogen (secondary N) is 4. The SMILES string of the molecule is CO/N=C(\C(=O)N[C@@H]1C(=O)N2C(C(=O)[O-])=C(C[n+]3cccc4c3CCC4)CS[C@H]12)c1csc(=N)[nH]1.COCC1=C(C(=O)O)N2C(=O)[C@@H](NC(=O)/C(=N\OC)c3csc(N)n3)[C@H]2SC1. The Morgan fingerprint density at radius 2 is 1.60 bits per heavy atom. The fourth-order valence-electron chi connectivity index (χ4n) is 7.56. The van der Waals surface area contributed by atoms with Crippen molar-refractivity contribution in [3.8, 4) is 0 Å². The summed E-state index contributed by atoms with van der Waals surface area (Å²) in [4.78, 5) is 93.5. The summed E-state index contributed by atoms with van der Waals surface area (Å²) in [5.74, 6) is -4.25. The third kappa shape index (κ3) is 8.93. The van der Waals surface area contributed by atoms with Crippen molar-refractivity contribution in [1.82, 2.24) is 30.4 Å². The number of carboxylic acids is 2. The number of fused-ring (bicyclic) bond motifs is 3. The molecule has 3 aromatic heterocycles. The molecule has 3 aromatic rings. The van der Waals surface area contributed by atoms with Crippen LogP contribution in [-0.4, -0.2) is 134 Å². The molecule has 4 aliphatic heterocycles. The number of β-lactam (4-membered cyclic amide) rings is 2. The number of nitrogen functional groups attached to an aromatic ring is 1. The molecule has 4 atom stereocenters. The zero-order chi connectivity index (χ0) is 45.1. The Balaban J connectivity index is 0.000000194. The molecule has 0 radical (unpaired) electrons. The number of aromatic amines is 1. The molecule has 0 aromatic carbocycles. The van der Waals surface area contributed by atoms with E-state index in [1.165, 1.54) is 65.9 Å². The summed E-state index contributed by atoms with van der Waals surface area (Å²) >= 11 is 4.95. The molecule has 8 rings (SSSR count). The van der Waals surface area contributed by atoms with Crippen LogP contribution in [0.2, 0.25) is 0 Å². The van der Waals surface area contributed by atoms with Gasteiger partial charge in [0.05, 0.1) is 24.0 Å². The Kier molecular flexibility index (Phi) is 13.6. The Hall–Kier alpha value is -6.09. The number of pyridine rings is 1. The molecular formula is C37H39N11O11S4. The lowest BCUT2D eigenvalue weighted by molar-refractivity contribution is -0.696. The van der Waals surface area contributed by atoms with E-state index in [9.17, 15) is 39.0 Å². The lowest BCUT2D eigenvalue weighted by atomic mass is 10.0. The van der Waals surface area contributed by atoms with Crippen molar-refractivity contribution in [3.63, 3.8) is 0 Å². The number of methoxy groups -OCH3 is 1. The molecule has 22 nitrogen and oxygen atoms in total. The number of oxime groups is 2. The highest BCUT2D eigenvalue weighted by molar-refractivity contribution is 8.00. The number of hydrogen-bond donors (Lipinski definition) is 6. The average molecular weight is 942 g/mol. The highest BCUT2D eigenvalue weighted by atomic mass is 32.2. The van der Waals surface area contributed by atoms with Gasteiger partial charge in [-0.25, -0.2) is 9.78 Å². The molecule has 0 unspecified atom stereocenters. The largest absolute Gasteiger partial charge is 0.543 e. The second-order valence-electron chi connectivity index (χ2n) is 14.0. The van der Waals surface area contributed by atoms with E-state index in [0.717, 1.165) is 41.9 Å². The second kappa shape index (κ2) is 19.1. The topological polar surface area (TPSA) is 311 Å². The first kappa shape index (κ1) is 44.9. The van der Waals surface area contributed by atoms with Gasteiger partial charge in [-0.05, 0) is 24.5 Å². The summed E-state index contributed by atoms with van der Waals surface area (Å²) in [6, 6.07) is 2.23. The molecule has 0 saturated carbocycles. The average Bonchev–Trinajstić information content (AvgIpc) is 4.04. The number of H-pyrrole nitrogens is 1. The van der Waals surface area contributed by atoms with E-state index in [4.69, 9.17) is 25.6 Å². The summed E-state index contributed by atoms with van der Waals surface area (Å²) in [7, 11) is 4.01. The van der Waals surface area contributed by atoms with Gasteiger partial charge in [0, 0.05) is 53.0 Å². The molecular weight excluding hydrogens is 903 g/mol. The molecule has 63 heavy (non-hydrogen) atoms. The zero-order valence-electron chi connectivity index (χ0n) is 33.6. The van der Waals surface area contributed by atoms with Crippen molar-refractivity contribution < 1.29 is 58.0 Å². The van der Waals surface area contributed by atoms with Gasteiger partial charge in [-0.3, -0.25) is 34.4 Å². The van der Waals surface area contributed by atoms with Crippen molar-refractivity contribution in [2.45, 2.75) is 48.6 Å². The number of hydrogen-bond acceptors (Lipinski definition) is 19. The zero-order valence-corrected chi connectivity index (χ0v) is 36.8. The number of rotatable bonds is 14. The highest BCUT2D eigenvalue weighted by Crippen LogP contribution is 2.41. The first-order valence-electron chi connectivity index (χ1n) is 18.8. The summed E-state index contributed by atoms with van der Waals surface area (Å²) in [5.41, 5.74) is 9.19. The number of aryl methyl sites for hydroxylation is 1. The molecule has 0 bridgehead atoms. The van der Waals surface area contributed by atoms with Crippen LogP contribution in [-0.2, 0) is 62.6 Å². The number of carbonyl (C=O) groups is 6. The first-order valence-corrected chi connectivity index (χ1v) is 22.7. The van der Waals surface area contributed by atoms with E-state index in [-0.39, 0.29) is 50.7 Å². The Morgan fingerprint density at radius 1 is 0.968 bits per heavy atom. The van der Waals surface area contributed by atoms with Crippen LogP contribution in [0.25, 0.3) is 0 Å². The van der Waals surface area contributed by atoms with Gasteiger partial charge < -0.3 is 50.8 Å². The normalized spacial score (nSPS) is 21.6. The van der Waals surface area contributed by atoms with Crippen LogP contribution in [0.1, 0.15) is 29.1 Å². The molecule has 7 heterocycles. The maximum atomic E-state index is 13.0. The minimum absolute atomic E-state index is 0.0980. The fraction of sp³-hybridized carbons (Fsp3) is 0.378. The number of anilines is 1. The van der Waals surface area contributed by atoms with Crippen LogP contribution in [0, 0.1) is 5.41 Å². The van der Waals surface area contributed by atoms with Crippen LogP contribution in [0.4, 0.5) is 5.13 Å². The molecule has 1 aliphatic carbocycles. The summed E-state index contributed by atoms with van der Waals surface area (Å²) < 4.78 is 7.07. The van der Waals surface area contributed by atoms with Gasteiger partial charge in [-0.15, -0.1) is 46.2 Å². The molecule has 26 heteroatoms. The second-order valence-corrected chi connectivity index (χ2v) is 18.0. The smallest absolute Gasteiger partial charge is 0.352 e. The lowest BCUT2D eigenvalue weighted by Gasteiger charge is -2.50. The number of aromatic nitrogens is 3. The van der Waals surface area contributed by atoms with E-state index in [2.05, 4.69) is 41.5 Å². The molecule has 0 spiro atoms. The Morgan fingerprint density at radius 3 is 2.17 bits per heavy atom. The maximum absolute atomic E-state index is 13.0. The highest BCUT2D eigenvalue weighted by Gasteiger charge is 2.55. The number of thioether (sulfide) groups is 2. The van der Waals surface area contributed by atoms with E-state index in [1.54, 1.807) is 10.8 Å². The van der Waals surface area contributed by atoms with E-state index in [1.807, 2.05) is 12.3 Å². The van der Waals surface area contributed by atoms with Crippen LogP contribution in [0.3, 0.4) is 0 Å². The van der Waals surface area contributed by atoms with E-state index >= 15 is 0 Å². The van der Waals surface area contributed by atoms with Crippen molar-refractivity contribution >= 4 is 98.3 Å². The molecule has 4 amide bonds. The van der Waals surface area contributed by atoms with Crippen molar-refractivity contribution in [3.05, 3.63) is 79.1 Å². The van der Waals surface area contributed by atoms with Crippen molar-refractivity contribution in [2.24, 2.45) is 10.3 Å². The van der Waals surface area contributed by atoms with Gasteiger partial charge in [0.1, 0.15) is 48.4 Å². The number of thiazole rings is 2. The number of aliphatic carboxylic acids is 2. The van der Waals surface area contributed by atoms with Crippen LogP contribution in [0.5, 0.6) is 0 Å². The standard InChI is InChI=1S/C22H22N6O5S2.C15H17N5O6S2/c1-33-26-15(13-10-35-22(23)24-13)18(29)25-16-19(30)28-17(21(31)32)12(9-34-20(16)28)8-27-7-3-5-11-4-2-6-14(11)27;1-25-3-6-4-27-13-9(12(22)20(13)10(6)14(23)24)18-11(21)8(19-26-2)7-5-28-15(16)17-7/h3,5,7,10,16,20H,2,4,6,8-9H2,1H3,(H3-,23,24,25,29,31,32);5,9,13H,3-4H2,1-2H3,(H2,16,17)(H,18,21)(H,23,24)/b26-15-;19-8-/t16-,20-;9-,13-/m11/s1. The van der Waals surface area contributed by atoms with Gasteiger partial charge in [-0.2, -0.15) is 4.57 Å². The predicted molar refractivity (Wildman–Crippen MR) is 225 cm³/mol. The van der Waals surface area contributed by atoms with Crippen LogP contribution < -0.4 is 30.8 Å². The quantitative estimate of drug-likeness (QED) is 0.0452. The van der Waals surface area contributed by atoms with Gasteiger partial charge in [0.25, 0.3) is 23.6 Å². The van der Waals surface area contributed by atoms with E-state index < -0.39 is 58.4 Å². The summed E-state index contributed by atoms with van der Waals surface area (Å²) in [6.45, 7) is 0.471. The fourth-order valence-corrected chi connectivity index (χ4v) is 11.3. The van der Waals surface area contributed by atoms with Crippen LogP contribution in [0.15, 0.2) is 61.9 Å². The Labute approximate surface area is 373 Å². The summed E-state index contributed by atoms with van der Waals surface area (Å²) in [5, 5.41) is 44.1. The number of amides is 4. The number of carbonyl (C=O) groups excluding carboxylic acids is 5. The van der Waals surface area contributed by atoms with E-state index in [0.29, 0.717) is 29.2 Å². The number of carboxylic acid groups (broad SMARTS) is 2. The van der Waals surface area contributed by atoms with Gasteiger partial charge in [0.15, 0.2) is 39.8 Å². The van der Waals surface area contributed by atoms with Crippen molar-refractivity contribution in [1.29, 1.82) is 5.41 Å².